The molecule has 0 spiro atoms. The number of aromatic nitrogens is 3. The van der Waals surface area contributed by atoms with Crippen LogP contribution in [-0.2, 0) is 17.9 Å². The van der Waals surface area contributed by atoms with Gasteiger partial charge in [0.05, 0.1) is 11.9 Å². The second kappa shape index (κ2) is 5.83. The fraction of sp³-hybridized carbons (Fsp3) is 0.417. The van der Waals surface area contributed by atoms with Crippen LogP contribution in [0.15, 0.2) is 22.6 Å². The van der Waals surface area contributed by atoms with Crippen LogP contribution in [0, 0.1) is 0 Å². The van der Waals surface area contributed by atoms with Gasteiger partial charge in [-0.2, -0.15) is 5.10 Å². The van der Waals surface area contributed by atoms with Crippen LogP contribution >= 0.6 is 11.3 Å². The lowest BCUT2D eigenvalue weighted by molar-refractivity contribution is -0.137. The molecule has 0 fully saturated rings. The quantitative estimate of drug-likeness (QED) is 0.873. The van der Waals surface area contributed by atoms with E-state index in [1.807, 2.05) is 13.1 Å². The third kappa shape index (κ3) is 3.11. The van der Waals surface area contributed by atoms with Crippen LogP contribution in [0.4, 0.5) is 0 Å². The van der Waals surface area contributed by atoms with Crippen molar-refractivity contribution in [3.8, 4) is 11.3 Å². The molecular formula is C12H15N3O3S. The van der Waals surface area contributed by atoms with Crippen LogP contribution in [0.1, 0.15) is 19.8 Å². The molecule has 0 aliphatic heterocycles. The molecule has 6 nitrogen and oxygen atoms in total. The Kier molecular flexibility index (Phi) is 4.16. The van der Waals surface area contributed by atoms with Crippen molar-refractivity contribution in [1.82, 2.24) is 14.3 Å². The minimum Gasteiger partial charge on any atom is -0.481 e. The summed E-state index contributed by atoms with van der Waals surface area (Å²) < 4.78 is 3.41. The zero-order valence-corrected chi connectivity index (χ0v) is 11.4. The number of aryl methyl sites for hydroxylation is 1. The molecule has 2 aromatic heterocycles. The van der Waals surface area contributed by atoms with Crippen LogP contribution in [0.25, 0.3) is 11.3 Å². The predicted molar refractivity (Wildman–Crippen MR) is 72.3 cm³/mol. The zero-order valence-electron chi connectivity index (χ0n) is 10.6. The predicted octanol–water partition coefficient (Wildman–Crippen LogP) is 1.66. The van der Waals surface area contributed by atoms with Crippen molar-refractivity contribution >= 4 is 17.3 Å². The summed E-state index contributed by atoms with van der Waals surface area (Å²) in [5.74, 6) is -0.844. The summed E-state index contributed by atoms with van der Waals surface area (Å²) in [5.41, 5.74) is 1.69. The minimum atomic E-state index is -0.844. The second-order valence-electron chi connectivity index (χ2n) is 4.12. The molecule has 0 unspecified atom stereocenters. The molecule has 0 amide bonds. The number of hydrogen-bond donors (Lipinski definition) is 1. The highest BCUT2D eigenvalue weighted by Crippen LogP contribution is 2.19. The van der Waals surface area contributed by atoms with Gasteiger partial charge < -0.3 is 5.11 Å². The van der Waals surface area contributed by atoms with Gasteiger partial charge in [-0.05, 0) is 13.3 Å². The van der Waals surface area contributed by atoms with E-state index in [0.717, 1.165) is 29.1 Å². The molecule has 7 heteroatoms. The SMILES string of the molecule is CCn1cc(-c2csc(=O)n2CCCC(=O)O)cn1. The number of nitrogens with zero attached hydrogens (tertiary/aromatic N) is 3. The Balaban J connectivity index is 2.21. The normalized spacial score (nSPS) is 10.8. The zero-order chi connectivity index (χ0) is 13.8. The van der Waals surface area contributed by atoms with Crippen molar-refractivity contribution in [3.63, 3.8) is 0 Å². The topological polar surface area (TPSA) is 77.1 Å². The molecule has 0 aromatic carbocycles. The van der Waals surface area contributed by atoms with E-state index in [9.17, 15) is 9.59 Å². The second-order valence-corrected chi connectivity index (χ2v) is 4.94. The van der Waals surface area contributed by atoms with Crippen LogP contribution in [0.5, 0.6) is 0 Å². The first-order valence-corrected chi connectivity index (χ1v) is 6.92. The van der Waals surface area contributed by atoms with E-state index >= 15 is 0 Å². The first kappa shape index (κ1) is 13.5. The molecule has 2 rings (SSSR count). The van der Waals surface area contributed by atoms with Crippen molar-refractivity contribution in [3.05, 3.63) is 27.4 Å². The van der Waals surface area contributed by atoms with Crippen LogP contribution in [0.2, 0.25) is 0 Å². The van der Waals surface area contributed by atoms with Gasteiger partial charge in [0.2, 0.25) is 0 Å². The van der Waals surface area contributed by atoms with E-state index < -0.39 is 5.97 Å². The Morgan fingerprint density at radius 1 is 1.53 bits per heavy atom. The Morgan fingerprint density at radius 2 is 2.32 bits per heavy atom. The van der Waals surface area contributed by atoms with Gasteiger partial charge in [-0.25, -0.2) is 0 Å². The van der Waals surface area contributed by atoms with Crippen LogP contribution in [0.3, 0.4) is 0 Å². The maximum atomic E-state index is 11.8. The summed E-state index contributed by atoms with van der Waals surface area (Å²) in [6.07, 6.45) is 4.12. The van der Waals surface area contributed by atoms with Crippen molar-refractivity contribution in [2.75, 3.05) is 0 Å². The first-order chi connectivity index (χ1) is 9.11. The third-order valence-corrected chi connectivity index (χ3v) is 3.57. The van der Waals surface area contributed by atoms with Gasteiger partial charge in [-0.3, -0.25) is 18.8 Å². The molecule has 1 N–H and O–H groups in total. The minimum absolute atomic E-state index is 0.0652. The number of hydrogen-bond acceptors (Lipinski definition) is 4. The third-order valence-electron chi connectivity index (χ3n) is 2.81. The molecule has 19 heavy (non-hydrogen) atoms. The Hall–Kier alpha value is -1.89. The molecule has 0 aliphatic carbocycles. The number of aliphatic carboxylic acids is 1. The van der Waals surface area contributed by atoms with E-state index in [4.69, 9.17) is 5.11 Å². The maximum Gasteiger partial charge on any atom is 0.307 e. The van der Waals surface area contributed by atoms with E-state index in [2.05, 4.69) is 5.10 Å². The van der Waals surface area contributed by atoms with Crippen molar-refractivity contribution < 1.29 is 9.90 Å². The van der Waals surface area contributed by atoms with Crippen molar-refractivity contribution in [2.45, 2.75) is 32.9 Å². The average molecular weight is 281 g/mol. The van der Waals surface area contributed by atoms with Gasteiger partial charge in [0, 0.05) is 36.7 Å². The van der Waals surface area contributed by atoms with Gasteiger partial charge in [-0.15, -0.1) is 0 Å². The lowest BCUT2D eigenvalue weighted by Crippen LogP contribution is -2.15. The summed E-state index contributed by atoms with van der Waals surface area (Å²) in [4.78, 5) is 22.2. The molecule has 0 bridgehead atoms. The highest BCUT2D eigenvalue weighted by molar-refractivity contribution is 7.07. The highest BCUT2D eigenvalue weighted by atomic mass is 32.1. The summed E-state index contributed by atoms with van der Waals surface area (Å²) >= 11 is 1.12. The monoisotopic (exact) mass is 281 g/mol. The lowest BCUT2D eigenvalue weighted by atomic mass is 10.2. The van der Waals surface area contributed by atoms with Gasteiger partial charge in [-0.1, -0.05) is 11.3 Å². The molecule has 0 saturated carbocycles. The molecule has 0 saturated heterocycles. The summed E-state index contributed by atoms with van der Waals surface area (Å²) in [6, 6.07) is 0. The Bertz CT molecular complexity index is 626. The van der Waals surface area contributed by atoms with Gasteiger partial charge in [0.25, 0.3) is 0 Å². The largest absolute Gasteiger partial charge is 0.481 e. The number of carbonyl (C=O) groups is 1. The summed E-state index contributed by atoms with van der Waals surface area (Å²) in [7, 11) is 0. The fourth-order valence-corrected chi connectivity index (χ4v) is 2.62. The van der Waals surface area contributed by atoms with Crippen molar-refractivity contribution in [1.29, 1.82) is 0 Å². The van der Waals surface area contributed by atoms with E-state index in [1.165, 1.54) is 0 Å². The number of thiazole rings is 1. The average Bonchev–Trinajstić information content (AvgIpc) is 2.96. The number of rotatable bonds is 6. The standard InChI is InChI=1S/C12H15N3O3S/c1-2-14-7-9(6-13-14)10-8-19-12(18)15(10)5-3-4-11(16)17/h6-8H,2-5H2,1H3,(H,16,17). The summed E-state index contributed by atoms with van der Waals surface area (Å²) in [6.45, 7) is 3.18. The molecule has 2 aromatic rings. The van der Waals surface area contributed by atoms with Gasteiger partial charge in [0.1, 0.15) is 0 Å². The van der Waals surface area contributed by atoms with E-state index in [0.29, 0.717) is 13.0 Å². The van der Waals surface area contributed by atoms with Gasteiger partial charge in [0.15, 0.2) is 0 Å². The van der Waals surface area contributed by atoms with E-state index in [-0.39, 0.29) is 11.3 Å². The molecule has 0 radical (unpaired) electrons. The van der Waals surface area contributed by atoms with E-state index in [1.54, 1.807) is 20.8 Å². The van der Waals surface area contributed by atoms with Crippen LogP contribution < -0.4 is 4.87 Å². The number of carboxylic acids is 1. The Morgan fingerprint density at radius 3 is 2.95 bits per heavy atom. The molecule has 102 valence electrons. The number of carboxylic acid groups (broad SMARTS) is 1. The van der Waals surface area contributed by atoms with Crippen molar-refractivity contribution in [2.24, 2.45) is 0 Å². The maximum absolute atomic E-state index is 11.8. The fourth-order valence-electron chi connectivity index (χ4n) is 1.82. The molecule has 2 heterocycles. The smallest absolute Gasteiger partial charge is 0.307 e. The van der Waals surface area contributed by atoms with Gasteiger partial charge >= 0.3 is 10.8 Å². The summed E-state index contributed by atoms with van der Waals surface area (Å²) in [5, 5.41) is 14.6. The molecule has 0 atom stereocenters. The Labute approximate surface area is 113 Å². The molecule has 0 aliphatic rings. The van der Waals surface area contributed by atoms with Crippen LogP contribution in [-0.4, -0.2) is 25.4 Å². The first-order valence-electron chi connectivity index (χ1n) is 6.04. The highest BCUT2D eigenvalue weighted by Gasteiger charge is 2.11. The molecular weight excluding hydrogens is 266 g/mol. The lowest BCUT2D eigenvalue weighted by Gasteiger charge is -2.04.